The average Bonchev–Trinajstić information content (AvgIpc) is 3.24. The van der Waals surface area contributed by atoms with Crippen LogP contribution >= 0.6 is 0 Å². The summed E-state index contributed by atoms with van der Waals surface area (Å²) in [6.45, 7) is 3.66. The number of hydrogen-bond acceptors (Lipinski definition) is 4. The number of ether oxygens (including phenoxy) is 1. The van der Waals surface area contributed by atoms with Crippen LogP contribution in [0.15, 0.2) is 54.7 Å². The van der Waals surface area contributed by atoms with Gasteiger partial charge in [0.15, 0.2) is 0 Å². The van der Waals surface area contributed by atoms with Crippen LogP contribution in [0.3, 0.4) is 0 Å². The summed E-state index contributed by atoms with van der Waals surface area (Å²) in [6.07, 6.45) is -2.40. The van der Waals surface area contributed by atoms with Gasteiger partial charge in [0, 0.05) is 12.5 Å². The molecule has 1 aromatic heterocycles. The second-order valence-electron chi connectivity index (χ2n) is 8.09. The fourth-order valence-electron chi connectivity index (χ4n) is 3.98. The molecule has 1 unspecified atom stereocenters. The van der Waals surface area contributed by atoms with E-state index < -0.39 is 12.5 Å². The Kier molecular flexibility index (Phi) is 6.45. The topological polar surface area (TPSA) is 43.2 Å². The Labute approximate surface area is 183 Å². The first kappa shape index (κ1) is 22.3. The Hall–Kier alpha value is -2.94. The van der Waals surface area contributed by atoms with E-state index in [1.807, 2.05) is 42.3 Å². The van der Waals surface area contributed by atoms with Gasteiger partial charge in [-0.15, -0.1) is 18.3 Å². The zero-order valence-electron chi connectivity index (χ0n) is 17.6. The lowest BCUT2D eigenvalue weighted by molar-refractivity contribution is -0.274. The highest BCUT2D eigenvalue weighted by atomic mass is 19.4. The minimum atomic E-state index is -4.76. The van der Waals surface area contributed by atoms with Crippen molar-refractivity contribution in [3.8, 4) is 11.4 Å². The van der Waals surface area contributed by atoms with E-state index in [9.17, 15) is 17.6 Å². The first-order valence-corrected chi connectivity index (χ1v) is 10.5. The normalized spacial score (nSPS) is 16.8. The number of alkyl halides is 4. The van der Waals surface area contributed by atoms with Crippen LogP contribution in [0.5, 0.6) is 5.75 Å². The summed E-state index contributed by atoms with van der Waals surface area (Å²) in [5, 5.41) is 8.59. The van der Waals surface area contributed by atoms with Gasteiger partial charge in [-0.3, -0.25) is 0 Å². The zero-order chi connectivity index (χ0) is 22.7. The predicted octanol–water partition coefficient (Wildman–Crippen LogP) is 5.36. The Morgan fingerprint density at radius 2 is 1.81 bits per heavy atom. The molecular weight excluding hydrogens is 424 g/mol. The second kappa shape index (κ2) is 9.28. The van der Waals surface area contributed by atoms with Crippen molar-refractivity contribution in [3.05, 3.63) is 71.5 Å². The molecule has 1 saturated heterocycles. The molecule has 0 amide bonds. The minimum Gasteiger partial charge on any atom is -0.406 e. The van der Waals surface area contributed by atoms with Crippen molar-refractivity contribution < 1.29 is 22.3 Å². The fourth-order valence-corrected chi connectivity index (χ4v) is 3.98. The van der Waals surface area contributed by atoms with Gasteiger partial charge in [0.2, 0.25) is 0 Å². The summed E-state index contributed by atoms with van der Waals surface area (Å²) in [5.74, 6) is -0.0883. The van der Waals surface area contributed by atoms with Crippen molar-refractivity contribution in [2.24, 2.45) is 0 Å². The molecule has 1 fully saturated rings. The Morgan fingerprint density at radius 3 is 2.47 bits per heavy atom. The van der Waals surface area contributed by atoms with Crippen molar-refractivity contribution in [1.82, 2.24) is 19.9 Å². The molecule has 0 spiro atoms. The molecule has 4 rings (SSSR count). The predicted molar refractivity (Wildman–Crippen MR) is 111 cm³/mol. The van der Waals surface area contributed by atoms with Gasteiger partial charge in [0.25, 0.3) is 0 Å². The lowest BCUT2D eigenvalue weighted by atomic mass is 9.93. The monoisotopic (exact) mass is 448 g/mol. The van der Waals surface area contributed by atoms with Crippen LogP contribution in [0.2, 0.25) is 0 Å². The smallest absolute Gasteiger partial charge is 0.406 e. The number of hydrogen-bond donors (Lipinski definition) is 0. The number of piperidine rings is 1. The van der Waals surface area contributed by atoms with E-state index in [1.165, 1.54) is 12.1 Å². The highest BCUT2D eigenvalue weighted by molar-refractivity contribution is 5.34. The SMILES string of the molecule is Cc1cccc(-n2cc(C3CCN(CC(F)c4ccc(OC(F)(F)F)cc4)CC3)nn2)c1. The molecule has 1 aliphatic rings. The standard InChI is InChI=1S/C23H24F4N4O/c1-16-3-2-4-19(13-16)31-15-22(28-29-31)18-9-11-30(12-10-18)14-21(24)17-5-7-20(8-6-17)32-23(25,26)27/h2-8,13,15,18,21H,9-12,14H2,1H3. The third-order valence-corrected chi connectivity index (χ3v) is 5.68. The van der Waals surface area contributed by atoms with Gasteiger partial charge < -0.3 is 9.64 Å². The molecule has 5 nitrogen and oxygen atoms in total. The molecule has 0 N–H and O–H groups in total. The van der Waals surface area contributed by atoms with Crippen molar-refractivity contribution in [2.75, 3.05) is 19.6 Å². The van der Waals surface area contributed by atoms with Crippen LogP contribution in [0.1, 0.15) is 41.8 Å². The van der Waals surface area contributed by atoms with Crippen molar-refractivity contribution in [3.63, 3.8) is 0 Å². The second-order valence-corrected chi connectivity index (χ2v) is 8.09. The highest BCUT2D eigenvalue weighted by Gasteiger charge is 2.31. The Balaban J connectivity index is 1.29. The molecule has 3 aromatic rings. The third-order valence-electron chi connectivity index (χ3n) is 5.68. The summed E-state index contributed by atoms with van der Waals surface area (Å²) in [6, 6.07) is 13.0. The minimum absolute atomic E-state index is 0.197. The average molecular weight is 448 g/mol. The summed E-state index contributed by atoms with van der Waals surface area (Å²) in [5.41, 5.74) is 3.38. The zero-order valence-corrected chi connectivity index (χ0v) is 17.6. The van der Waals surface area contributed by atoms with Crippen molar-refractivity contribution in [2.45, 2.75) is 38.2 Å². The first-order chi connectivity index (χ1) is 15.3. The summed E-state index contributed by atoms with van der Waals surface area (Å²) in [4.78, 5) is 2.03. The Morgan fingerprint density at radius 1 is 1.09 bits per heavy atom. The molecule has 1 aliphatic heterocycles. The molecule has 170 valence electrons. The van der Waals surface area contributed by atoms with Crippen LogP contribution in [0.25, 0.3) is 5.69 Å². The Bertz CT molecular complexity index is 1030. The van der Waals surface area contributed by atoms with E-state index in [2.05, 4.69) is 15.0 Å². The molecule has 9 heteroatoms. The van der Waals surface area contributed by atoms with Crippen LogP contribution in [0, 0.1) is 6.92 Å². The van der Waals surface area contributed by atoms with E-state index in [4.69, 9.17) is 0 Å². The van der Waals surface area contributed by atoms with Crippen LogP contribution in [0.4, 0.5) is 17.6 Å². The number of rotatable bonds is 6. The van der Waals surface area contributed by atoms with E-state index in [0.717, 1.165) is 55.0 Å². The molecule has 0 bridgehead atoms. The van der Waals surface area contributed by atoms with Gasteiger partial charge in [0.05, 0.1) is 17.6 Å². The first-order valence-electron chi connectivity index (χ1n) is 10.5. The molecule has 32 heavy (non-hydrogen) atoms. The van der Waals surface area contributed by atoms with Gasteiger partial charge in [-0.25, -0.2) is 9.07 Å². The summed E-state index contributed by atoms with van der Waals surface area (Å²) in [7, 11) is 0. The number of aromatic nitrogens is 3. The fraction of sp³-hybridized carbons (Fsp3) is 0.391. The van der Waals surface area contributed by atoms with Crippen LogP contribution in [-0.4, -0.2) is 45.9 Å². The lowest BCUT2D eigenvalue weighted by Gasteiger charge is -2.31. The van der Waals surface area contributed by atoms with Crippen molar-refractivity contribution >= 4 is 0 Å². The number of benzene rings is 2. The summed E-state index contributed by atoms with van der Waals surface area (Å²) >= 11 is 0. The van der Waals surface area contributed by atoms with E-state index in [0.29, 0.717) is 5.56 Å². The number of likely N-dealkylation sites (tertiary alicyclic amines) is 1. The lowest BCUT2D eigenvalue weighted by Crippen LogP contribution is -2.35. The van der Waals surface area contributed by atoms with Crippen molar-refractivity contribution in [1.29, 1.82) is 0 Å². The number of nitrogens with zero attached hydrogens (tertiary/aromatic N) is 4. The molecule has 2 heterocycles. The number of halogens is 4. The van der Waals surface area contributed by atoms with Crippen LogP contribution < -0.4 is 4.74 Å². The van der Waals surface area contributed by atoms with Gasteiger partial charge in [-0.05, 0) is 68.2 Å². The largest absolute Gasteiger partial charge is 0.573 e. The van der Waals surface area contributed by atoms with Gasteiger partial charge in [0.1, 0.15) is 11.9 Å². The highest BCUT2D eigenvalue weighted by Crippen LogP contribution is 2.30. The van der Waals surface area contributed by atoms with Gasteiger partial charge in [-0.1, -0.05) is 29.5 Å². The number of aryl methyl sites for hydroxylation is 1. The maximum absolute atomic E-state index is 14.7. The molecule has 0 saturated carbocycles. The summed E-state index contributed by atoms with van der Waals surface area (Å²) < 4.78 is 57.1. The van der Waals surface area contributed by atoms with E-state index in [1.54, 1.807) is 4.68 Å². The third kappa shape index (κ3) is 5.64. The molecule has 1 atom stereocenters. The van der Waals surface area contributed by atoms with Crippen LogP contribution in [-0.2, 0) is 0 Å². The molecule has 2 aromatic carbocycles. The molecule has 0 aliphatic carbocycles. The van der Waals surface area contributed by atoms with Gasteiger partial charge in [-0.2, -0.15) is 0 Å². The quantitative estimate of drug-likeness (QED) is 0.476. The molecular formula is C23H24F4N4O. The van der Waals surface area contributed by atoms with Gasteiger partial charge >= 0.3 is 6.36 Å². The maximum atomic E-state index is 14.7. The van der Waals surface area contributed by atoms with E-state index in [-0.39, 0.29) is 18.2 Å². The molecule has 0 radical (unpaired) electrons. The maximum Gasteiger partial charge on any atom is 0.573 e. The van der Waals surface area contributed by atoms with E-state index >= 15 is 0 Å².